The Kier molecular flexibility index (Phi) is 6.53. The Balaban J connectivity index is 1.57. The zero-order chi connectivity index (χ0) is 21.8. The summed E-state index contributed by atoms with van der Waals surface area (Å²) in [6, 6.07) is 15.1. The predicted octanol–water partition coefficient (Wildman–Crippen LogP) is 4.41. The van der Waals surface area contributed by atoms with Crippen molar-refractivity contribution in [1.29, 1.82) is 0 Å². The summed E-state index contributed by atoms with van der Waals surface area (Å²) in [6.45, 7) is 0.811. The Hall–Kier alpha value is -2.90. The van der Waals surface area contributed by atoms with Crippen molar-refractivity contribution in [1.82, 2.24) is 9.88 Å². The van der Waals surface area contributed by atoms with Crippen molar-refractivity contribution < 1.29 is 19.4 Å². The molecule has 7 heteroatoms. The lowest BCUT2D eigenvalue weighted by atomic mass is 10.1. The number of ether oxygens (including phenoxy) is 2. The van der Waals surface area contributed by atoms with Gasteiger partial charge in [-0.1, -0.05) is 36.4 Å². The van der Waals surface area contributed by atoms with E-state index in [0.29, 0.717) is 35.2 Å². The van der Waals surface area contributed by atoms with Crippen LogP contribution in [0.25, 0.3) is 10.4 Å². The standard InChI is InChI=1S/C24H26N2O4S/c1-29-20-11-10-18(12-21(20)30-2)19(27)14-26(13-16-8-9-16)24(28)22-23(31-15-25-22)17-6-4-3-5-7-17/h3-7,10-12,15-16,19,27H,8-9,13-14H2,1-2H3. The molecular weight excluding hydrogens is 412 g/mol. The summed E-state index contributed by atoms with van der Waals surface area (Å²) in [5, 5.41) is 10.9. The lowest BCUT2D eigenvalue weighted by Crippen LogP contribution is -2.37. The van der Waals surface area contributed by atoms with Crippen LogP contribution in [0.5, 0.6) is 11.5 Å². The predicted molar refractivity (Wildman–Crippen MR) is 121 cm³/mol. The molecule has 1 heterocycles. The summed E-state index contributed by atoms with van der Waals surface area (Å²) in [5.41, 5.74) is 3.79. The van der Waals surface area contributed by atoms with Gasteiger partial charge in [-0.15, -0.1) is 11.3 Å². The summed E-state index contributed by atoms with van der Waals surface area (Å²) in [5.74, 6) is 1.48. The number of carbonyl (C=O) groups excluding carboxylic acids is 1. The summed E-state index contributed by atoms with van der Waals surface area (Å²) in [4.78, 5) is 20.4. The quantitative estimate of drug-likeness (QED) is 0.536. The number of rotatable bonds is 9. The number of thiazole rings is 1. The molecule has 31 heavy (non-hydrogen) atoms. The van der Waals surface area contributed by atoms with E-state index in [2.05, 4.69) is 4.98 Å². The number of aromatic nitrogens is 1. The van der Waals surface area contributed by atoms with Crippen molar-refractivity contribution in [2.24, 2.45) is 5.92 Å². The van der Waals surface area contributed by atoms with Gasteiger partial charge in [0.1, 0.15) is 5.69 Å². The van der Waals surface area contributed by atoms with Gasteiger partial charge in [0.2, 0.25) is 0 Å². The Bertz CT molecular complexity index is 1030. The first kappa shape index (κ1) is 21.3. The van der Waals surface area contributed by atoms with Gasteiger partial charge >= 0.3 is 0 Å². The number of nitrogens with zero attached hydrogens (tertiary/aromatic N) is 2. The maximum absolute atomic E-state index is 13.5. The second kappa shape index (κ2) is 9.49. The SMILES string of the molecule is COc1ccc(C(O)CN(CC2CC2)C(=O)c2ncsc2-c2ccccc2)cc1OC. The molecule has 162 valence electrons. The molecule has 1 aromatic heterocycles. The van der Waals surface area contributed by atoms with E-state index in [1.807, 2.05) is 30.3 Å². The number of amides is 1. The first-order chi connectivity index (χ1) is 15.1. The van der Waals surface area contributed by atoms with Gasteiger partial charge in [-0.05, 0) is 42.0 Å². The van der Waals surface area contributed by atoms with E-state index in [1.165, 1.54) is 11.3 Å². The second-order valence-electron chi connectivity index (χ2n) is 7.68. The smallest absolute Gasteiger partial charge is 0.274 e. The van der Waals surface area contributed by atoms with Crippen LogP contribution in [-0.2, 0) is 0 Å². The van der Waals surface area contributed by atoms with E-state index in [1.54, 1.807) is 42.8 Å². The Morgan fingerprint density at radius 1 is 1.16 bits per heavy atom. The number of aliphatic hydroxyl groups excluding tert-OH is 1. The highest BCUT2D eigenvalue weighted by molar-refractivity contribution is 7.13. The van der Waals surface area contributed by atoms with Crippen LogP contribution in [-0.4, -0.2) is 48.2 Å². The summed E-state index contributed by atoms with van der Waals surface area (Å²) in [6.07, 6.45) is 1.37. The van der Waals surface area contributed by atoms with Gasteiger partial charge in [0.25, 0.3) is 5.91 Å². The summed E-state index contributed by atoms with van der Waals surface area (Å²) < 4.78 is 10.6. The molecule has 0 aliphatic heterocycles. The zero-order valence-corrected chi connectivity index (χ0v) is 18.5. The molecule has 1 aliphatic rings. The number of aliphatic hydroxyl groups is 1. The first-order valence-corrected chi connectivity index (χ1v) is 11.2. The normalized spacial score (nSPS) is 14.2. The van der Waals surface area contributed by atoms with Gasteiger partial charge < -0.3 is 19.5 Å². The minimum absolute atomic E-state index is 0.147. The Morgan fingerprint density at radius 3 is 2.58 bits per heavy atom. The Morgan fingerprint density at radius 2 is 1.90 bits per heavy atom. The van der Waals surface area contributed by atoms with Gasteiger partial charge in [-0.2, -0.15) is 0 Å². The fourth-order valence-corrected chi connectivity index (χ4v) is 4.36. The lowest BCUT2D eigenvalue weighted by Gasteiger charge is -2.25. The van der Waals surface area contributed by atoms with Gasteiger partial charge in [0, 0.05) is 6.54 Å². The van der Waals surface area contributed by atoms with Crippen LogP contribution >= 0.6 is 11.3 Å². The zero-order valence-electron chi connectivity index (χ0n) is 17.7. The van der Waals surface area contributed by atoms with Crippen molar-refractivity contribution in [3.63, 3.8) is 0 Å². The highest BCUT2D eigenvalue weighted by Crippen LogP contribution is 2.34. The van der Waals surface area contributed by atoms with E-state index in [0.717, 1.165) is 23.3 Å². The first-order valence-electron chi connectivity index (χ1n) is 10.3. The van der Waals surface area contributed by atoms with Gasteiger partial charge in [-0.25, -0.2) is 4.98 Å². The number of benzene rings is 2. The average Bonchev–Trinajstić information content (AvgIpc) is 3.49. The lowest BCUT2D eigenvalue weighted by molar-refractivity contribution is 0.0606. The molecule has 1 aliphatic carbocycles. The maximum Gasteiger partial charge on any atom is 0.274 e. The fraction of sp³-hybridized carbons (Fsp3) is 0.333. The van der Waals surface area contributed by atoms with Crippen LogP contribution in [0.3, 0.4) is 0 Å². The molecule has 1 fully saturated rings. The molecular formula is C24H26N2O4S. The third kappa shape index (κ3) is 4.89. The molecule has 1 saturated carbocycles. The molecule has 0 saturated heterocycles. The summed E-state index contributed by atoms with van der Waals surface area (Å²) in [7, 11) is 3.13. The van der Waals surface area contributed by atoms with Crippen LogP contribution in [0.4, 0.5) is 0 Å². The van der Waals surface area contributed by atoms with E-state index in [-0.39, 0.29) is 12.5 Å². The van der Waals surface area contributed by atoms with Gasteiger partial charge in [0.15, 0.2) is 11.5 Å². The molecule has 6 nitrogen and oxygen atoms in total. The largest absolute Gasteiger partial charge is 0.493 e. The topological polar surface area (TPSA) is 71.9 Å². The van der Waals surface area contributed by atoms with Crippen LogP contribution in [0.1, 0.15) is 35.0 Å². The highest BCUT2D eigenvalue weighted by Gasteiger charge is 2.31. The third-order valence-corrected chi connectivity index (χ3v) is 6.33. The van der Waals surface area contributed by atoms with Crippen LogP contribution in [0.15, 0.2) is 54.0 Å². The molecule has 4 rings (SSSR count). The van der Waals surface area contributed by atoms with Gasteiger partial charge in [0.05, 0.1) is 37.3 Å². The maximum atomic E-state index is 13.5. The minimum atomic E-state index is -0.846. The second-order valence-corrected chi connectivity index (χ2v) is 8.53. The van der Waals surface area contributed by atoms with Crippen molar-refractivity contribution in [2.45, 2.75) is 18.9 Å². The van der Waals surface area contributed by atoms with Crippen molar-refractivity contribution in [2.75, 3.05) is 27.3 Å². The third-order valence-electron chi connectivity index (χ3n) is 5.45. The van der Waals surface area contributed by atoms with E-state index >= 15 is 0 Å². The number of methoxy groups -OCH3 is 2. The van der Waals surface area contributed by atoms with E-state index < -0.39 is 6.10 Å². The molecule has 3 aromatic rings. The fourth-order valence-electron chi connectivity index (χ4n) is 3.57. The number of hydrogen-bond acceptors (Lipinski definition) is 6. The van der Waals surface area contributed by atoms with Crippen LogP contribution in [0.2, 0.25) is 0 Å². The minimum Gasteiger partial charge on any atom is -0.493 e. The summed E-state index contributed by atoms with van der Waals surface area (Å²) >= 11 is 1.46. The monoisotopic (exact) mass is 438 g/mol. The average molecular weight is 439 g/mol. The molecule has 1 N–H and O–H groups in total. The van der Waals surface area contributed by atoms with Gasteiger partial charge in [-0.3, -0.25) is 4.79 Å². The number of carbonyl (C=O) groups is 1. The highest BCUT2D eigenvalue weighted by atomic mass is 32.1. The van der Waals surface area contributed by atoms with Crippen LogP contribution in [0, 0.1) is 5.92 Å². The van der Waals surface area contributed by atoms with E-state index in [9.17, 15) is 9.90 Å². The molecule has 1 atom stereocenters. The molecule has 0 bridgehead atoms. The molecule has 0 radical (unpaired) electrons. The van der Waals surface area contributed by atoms with Crippen molar-refractivity contribution >= 4 is 17.2 Å². The van der Waals surface area contributed by atoms with Crippen molar-refractivity contribution in [3.05, 3.63) is 65.3 Å². The van der Waals surface area contributed by atoms with E-state index in [4.69, 9.17) is 9.47 Å². The molecule has 1 unspecified atom stereocenters. The molecule has 0 spiro atoms. The van der Waals surface area contributed by atoms with Crippen molar-refractivity contribution in [3.8, 4) is 21.9 Å². The number of hydrogen-bond donors (Lipinski definition) is 1. The molecule has 1 amide bonds. The molecule has 2 aromatic carbocycles. The van der Waals surface area contributed by atoms with Crippen LogP contribution < -0.4 is 9.47 Å². The Labute approximate surface area is 186 Å².